The lowest BCUT2D eigenvalue weighted by Crippen LogP contribution is -2.27. The van der Waals surface area contributed by atoms with E-state index in [0.29, 0.717) is 28.7 Å². The molecule has 0 unspecified atom stereocenters. The van der Waals surface area contributed by atoms with Crippen LogP contribution in [0.25, 0.3) is 0 Å². The van der Waals surface area contributed by atoms with Crippen LogP contribution in [0.2, 0.25) is 0 Å². The summed E-state index contributed by atoms with van der Waals surface area (Å²) in [5.74, 6) is 0.947. The third kappa shape index (κ3) is 4.17. The van der Waals surface area contributed by atoms with Gasteiger partial charge in [0.1, 0.15) is 5.75 Å². The van der Waals surface area contributed by atoms with Crippen molar-refractivity contribution in [1.82, 2.24) is 5.32 Å². The first-order chi connectivity index (χ1) is 12.5. The molecule has 1 heterocycles. The van der Waals surface area contributed by atoms with Crippen LogP contribution in [0.1, 0.15) is 10.4 Å². The van der Waals surface area contributed by atoms with E-state index >= 15 is 0 Å². The van der Waals surface area contributed by atoms with Crippen LogP contribution in [0.15, 0.2) is 58.4 Å². The molecule has 3 rings (SSSR count). The number of nitrogens with one attached hydrogen (secondary N) is 2. The molecule has 2 aromatic rings. The van der Waals surface area contributed by atoms with Crippen molar-refractivity contribution in [2.45, 2.75) is 4.90 Å². The molecule has 0 saturated carbocycles. The van der Waals surface area contributed by atoms with Crippen molar-refractivity contribution in [2.24, 2.45) is 4.99 Å². The van der Waals surface area contributed by atoms with Crippen molar-refractivity contribution < 1.29 is 17.9 Å². The van der Waals surface area contributed by atoms with E-state index in [4.69, 9.17) is 4.74 Å². The molecule has 136 valence electrons. The zero-order valence-electron chi connectivity index (χ0n) is 13.9. The number of anilines is 1. The van der Waals surface area contributed by atoms with E-state index in [1.165, 1.54) is 43.1 Å². The smallest absolute Gasteiger partial charge is 0.262 e. The van der Waals surface area contributed by atoms with Crippen LogP contribution in [0.3, 0.4) is 0 Å². The number of sulfonamides is 1. The molecule has 9 heteroatoms. The Morgan fingerprint density at radius 2 is 1.88 bits per heavy atom. The molecule has 2 N–H and O–H groups in total. The van der Waals surface area contributed by atoms with Gasteiger partial charge in [0.25, 0.3) is 15.9 Å². The summed E-state index contributed by atoms with van der Waals surface area (Å²) in [5.41, 5.74) is 0.699. The molecule has 0 spiro atoms. The SMILES string of the molecule is COc1ccccc1NS(=O)(=O)c1ccc(C(=O)NC2=NCCS2)cc1. The van der Waals surface area contributed by atoms with Crippen LogP contribution in [0, 0.1) is 0 Å². The molecule has 7 nitrogen and oxygen atoms in total. The zero-order valence-corrected chi connectivity index (χ0v) is 15.6. The molecule has 0 radical (unpaired) electrons. The number of carbonyl (C=O) groups is 1. The van der Waals surface area contributed by atoms with Crippen LogP contribution in [-0.4, -0.2) is 38.9 Å². The van der Waals surface area contributed by atoms with Gasteiger partial charge in [-0.25, -0.2) is 8.42 Å². The minimum atomic E-state index is -3.80. The first kappa shape index (κ1) is 18.3. The highest BCUT2D eigenvalue weighted by Crippen LogP contribution is 2.26. The Balaban J connectivity index is 1.75. The summed E-state index contributed by atoms with van der Waals surface area (Å²) in [7, 11) is -2.33. The Labute approximate surface area is 155 Å². The van der Waals surface area contributed by atoms with Crippen molar-refractivity contribution in [1.29, 1.82) is 0 Å². The number of carbonyl (C=O) groups excluding carboxylic acids is 1. The molecule has 1 aliphatic rings. The Hall–Kier alpha value is -2.52. The van der Waals surface area contributed by atoms with Crippen LogP contribution in [0.4, 0.5) is 5.69 Å². The number of hydrogen-bond acceptors (Lipinski definition) is 6. The molecule has 1 aliphatic heterocycles. The van der Waals surface area contributed by atoms with Gasteiger partial charge in [-0.05, 0) is 36.4 Å². The molecule has 0 bridgehead atoms. The lowest BCUT2D eigenvalue weighted by atomic mass is 10.2. The van der Waals surface area contributed by atoms with E-state index in [2.05, 4.69) is 15.0 Å². The van der Waals surface area contributed by atoms with Crippen LogP contribution < -0.4 is 14.8 Å². The quantitative estimate of drug-likeness (QED) is 0.815. The summed E-state index contributed by atoms with van der Waals surface area (Å²) in [6.45, 7) is 0.687. The number of methoxy groups -OCH3 is 1. The summed E-state index contributed by atoms with van der Waals surface area (Å²) in [6.07, 6.45) is 0. The highest BCUT2D eigenvalue weighted by atomic mass is 32.2. The van der Waals surface area contributed by atoms with Crippen molar-refractivity contribution in [3.8, 4) is 5.75 Å². The summed E-state index contributed by atoms with van der Waals surface area (Å²) in [4.78, 5) is 16.3. The van der Waals surface area contributed by atoms with Gasteiger partial charge >= 0.3 is 0 Å². The molecule has 2 aromatic carbocycles. The predicted molar refractivity (Wildman–Crippen MR) is 102 cm³/mol. The van der Waals surface area contributed by atoms with Gasteiger partial charge in [0, 0.05) is 11.3 Å². The minimum absolute atomic E-state index is 0.0486. The van der Waals surface area contributed by atoms with Gasteiger partial charge in [0.2, 0.25) is 0 Å². The fourth-order valence-corrected chi connectivity index (χ4v) is 4.09. The Bertz CT molecular complexity index is 941. The number of rotatable bonds is 5. The fraction of sp³-hybridized carbons (Fsp3) is 0.176. The minimum Gasteiger partial charge on any atom is -0.495 e. The Morgan fingerprint density at radius 3 is 2.54 bits per heavy atom. The topological polar surface area (TPSA) is 96.9 Å². The molecule has 0 aromatic heterocycles. The average Bonchev–Trinajstić information content (AvgIpc) is 3.15. The van der Waals surface area contributed by atoms with Gasteiger partial charge in [0.15, 0.2) is 5.17 Å². The number of amidine groups is 1. The molecule has 0 atom stereocenters. The molecular weight excluding hydrogens is 374 g/mol. The first-order valence-electron chi connectivity index (χ1n) is 7.74. The Kier molecular flexibility index (Phi) is 5.48. The Morgan fingerprint density at radius 1 is 1.15 bits per heavy atom. The van der Waals surface area contributed by atoms with Crippen molar-refractivity contribution in [3.63, 3.8) is 0 Å². The van der Waals surface area contributed by atoms with Gasteiger partial charge in [0.05, 0.1) is 24.2 Å². The monoisotopic (exact) mass is 391 g/mol. The normalized spacial score (nSPS) is 13.8. The summed E-state index contributed by atoms with van der Waals surface area (Å²) in [6, 6.07) is 12.4. The lowest BCUT2D eigenvalue weighted by molar-refractivity contribution is 0.0978. The molecule has 26 heavy (non-hydrogen) atoms. The second-order valence-corrected chi connectivity index (χ2v) is 8.09. The maximum absolute atomic E-state index is 12.5. The molecule has 0 saturated heterocycles. The van der Waals surface area contributed by atoms with Gasteiger partial charge in [-0.15, -0.1) is 0 Å². The van der Waals surface area contributed by atoms with E-state index in [9.17, 15) is 13.2 Å². The molecule has 0 aliphatic carbocycles. The summed E-state index contributed by atoms with van der Waals surface area (Å²) in [5, 5.41) is 3.29. The summed E-state index contributed by atoms with van der Waals surface area (Å²) >= 11 is 1.48. The lowest BCUT2D eigenvalue weighted by Gasteiger charge is -2.12. The van der Waals surface area contributed by atoms with Gasteiger partial charge in [-0.3, -0.25) is 14.5 Å². The number of ether oxygens (including phenoxy) is 1. The number of amides is 1. The number of nitrogens with zero attached hydrogens (tertiary/aromatic N) is 1. The third-order valence-electron chi connectivity index (χ3n) is 3.58. The van der Waals surface area contributed by atoms with E-state index in [-0.39, 0.29) is 10.8 Å². The number of benzene rings is 2. The number of thioether (sulfide) groups is 1. The van der Waals surface area contributed by atoms with Gasteiger partial charge in [-0.1, -0.05) is 23.9 Å². The van der Waals surface area contributed by atoms with Crippen LogP contribution in [-0.2, 0) is 10.0 Å². The fourth-order valence-electron chi connectivity index (χ4n) is 2.30. The molecular formula is C17H17N3O4S2. The first-order valence-corrected chi connectivity index (χ1v) is 10.2. The maximum atomic E-state index is 12.5. The standard InChI is InChI=1S/C17H17N3O4S2/c1-24-15-5-3-2-4-14(15)20-26(22,23)13-8-6-12(7-9-13)16(21)19-17-18-10-11-25-17/h2-9,20H,10-11H2,1H3,(H,18,19,21). The third-order valence-corrected chi connectivity index (χ3v) is 5.86. The van der Waals surface area contributed by atoms with E-state index in [0.717, 1.165) is 5.75 Å². The van der Waals surface area contributed by atoms with Crippen molar-refractivity contribution in [3.05, 3.63) is 54.1 Å². The van der Waals surface area contributed by atoms with Crippen LogP contribution >= 0.6 is 11.8 Å². The van der Waals surface area contributed by atoms with E-state index < -0.39 is 10.0 Å². The van der Waals surface area contributed by atoms with Crippen molar-refractivity contribution >= 4 is 38.5 Å². The zero-order chi connectivity index (χ0) is 18.6. The van der Waals surface area contributed by atoms with E-state index in [1.807, 2.05) is 0 Å². The predicted octanol–water partition coefficient (Wildman–Crippen LogP) is 2.33. The second-order valence-electron chi connectivity index (χ2n) is 5.32. The average molecular weight is 391 g/mol. The highest BCUT2D eigenvalue weighted by molar-refractivity contribution is 8.14. The highest BCUT2D eigenvalue weighted by Gasteiger charge is 2.18. The number of para-hydroxylation sites is 2. The second kappa shape index (κ2) is 7.79. The number of aliphatic imine (C=N–C) groups is 1. The van der Waals surface area contributed by atoms with Crippen LogP contribution in [0.5, 0.6) is 5.75 Å². The molecule has 1 amide bonds. The number of hydrogen-bond donors (Lipinski definition) is 2. The van der Waals surface area contributed by atoms with Gasteiger partial charge < -0.3 is 10.1 Å². The largest absolute Gasteiger partial charge is 0.495 e. The summed E-state index contributed by atoms with van der Waals surface area (Å²) < 4.78 is 32.7. The van der Waals surface area contributed by atoms with Crippen molar-refractivity contribution in [2.75, 3.05) is 24.1 Å². The maximum Gasteiger partial charge on any atom is 0.262 e. The van der Waals surface area contributed by atoms with E-state index in [1.54, 1.807) is 24.3 Å². The molecule has 0 fully saturated rings. The van der Waals surface area contributed by atoms with Gasteiger partial charge in [-0.2, -0.15) is 0 Å².